The molecule has 0 radical (unpaired) electrons. The van der Waals surface area contributed by atoms with Crippen molar-refractivity contribution in [3.63, 3.8) is 0 Å². The molecule has 0 spiro atoms. The zero-order valence-corrected chi connectivity index (χ0v) is 11.1. The molecule has 0 fully saturated rings. The summed E-state index contributed by atoms with van der Waals surface area (Å²) in [6.07, 6.45) is 2.76. The lowest BCUT2D eigenvalue weighted by Crippen LogP contribution is -2.10. The van der Waals surface area contributed by atoms with Crippen LogP contribution in [0.1, 0.15) is 18.4 Å². The van der Waals surface area contributed by atoms with E-state index in [4.69, 9.17) is 4.42 Å². The van der Waals surface area contributed by atoms with Crippen LogP contribution in [-0.4, -0.2) is 19.1 Å². The van der Waals surface area contributed by atoms with Crippen LogP contribution in [-0.2, 0) is 13.0 Å². The summed E-state index contributed by atoms with van der Waals surface area (Å²) >= 11 is 0. The van der Waals surface area contributed by atoms with Crippen LogP contribution in [0.3, 0.4) is 0 Å². The number of hydrogen-bond donors (Lipinski definition) is 1. The molecule has 18 heavy (non-hydrogen) atoms. The van der Waals surface area contributed by atoms with Crippen LogP contribution >= 0.6 is 0 Å². The number of aryl methyl sites for hydroxylation is 1. The van der Waals surface area contributed by atoms with Gasteiger partial charge in [0.15, 0.2) is 0 Å². The minimum absolute atomic E-state index is 0.684. The highest BCUT2D eigenvalue weighted by Gasteiger charge is 2.01. The number of anilines is 2. The first-order valence-electron chi connectivity index (χ1n) is 6.14. The molecule has 0 amide bonds. The van der Waals surface area contributed by atoms with Gasteiger partial charge >= 0.3 is 0 Å². The van der Waals surface area contributed by atoms with Crippen molar-refractivity contribution in [2.45, 2.75) is 19.9 Å². The van der Waals surface area contributed by atoms with Gasteiger partial charge in [-0.15, -0.1) is 0 Å². The monoisotopic (exact) mass is 245 g/mol. The topological polar surface area (TPSA) is 41.3 Å². The molecule has 4 heteroatoms. The minimum Gasteiger partial charge on any atom is -0.464 e. The Hall–Kier alpha value is -1.97. The number of aromatic nitrogens is 1. The standard InChI is InChI=1S/C14H19N3O/c1-4-12-6-7-13(18-12)10-15-11-5-8-14(16-9-11)17(2)3/h5-9,15H,4,10H2,1-3H3. The number of pyridine rings is 1. The molecule has 0 unspecified atom stereocenters. The van der Waals surface area contributed by atoms with Crippen molar-refractivity contribution in [2.24, 2.45) is 0 Å². The number of furan rings is 1. The van der Waals surface area contributed by atoms with E-state index in [2.05, 4.69) is 17.2 Å². The van der Waals surface area contributed by atoms with Crippen LogP contribution in [0.15, 0.2) is 34.9 Å². The molecule has 0 aromatic carbocycles. The molecule has 96 valence electrons. The molecule has 2 aromatic heterocycles. The van der Waals surface area contributed by atoms with Crippen LogP contribution in [0.5, 0.6) is 0 Å². The summed E-state index contributed by atoms with van der Waals surface area (Å²) in [5.41, 5.74) is 0.995. The van der Waals surface area contributed by atoms with Gasteiger partial charge in [0.25, 0.3) is 0 Å². The zero-order valence-electron chi connectivity index (χ0n) is 11.1. The quantitative estimate of drug-likeness (QED) is 0.879. The Bertz CT molecular complexity index is 488. The first-order valence-corrected chi connectivity index (χ1v) is 6.14. The molecule has 4 nitrogen and oxygen atoms in total. The van der Waals surface area contributed by atoms with Crippen LogP contribution < -0.4 is 10.2 Å². The maximum Gasteiger partial charge on any atom is 0.128 e. The summed E-state index contributed by atoms with van der Waals surface area (Å²) in [5, 5.41) is 3.29. The second-order valence-corrected chi connectivity index (χ2v) is 4.37. The fourth-order valence-corrected chi connectivity index (χ4v) is 1.65. The van der Waals surface area contributed by atoms with E-state index in [1.165, 1.54) is 0 Å². The van der Waals surface area contributed by atoms with Gasteiger partial charge in [0.2, 0.25) is 0 Å². The summed E-state index contributed by atoms with van der Waals surface area (Å²) in [6, 6.07) is 8.03. The van der Waals surface area contributed by atoms with Crippen LogP contribution in [0.25, 0.3) is 0 Å². The van der Waals surface area contributed by atoms with E-state index in [9.17, 15) is 0 Å². The summed E-state index contributed by atoms with van der Waals surface area (Å²) < 4.78 is 5.63. The molecule has 0 saturated carbocycles. The molecule has 1 N–H and O–H groups in total. The fourth-order valence-electron chi connectivity index (χ4n) is 1.65. The zero-order chi connectivity index (χ0) is 13.0. The van der Waals surface area contributed by atoms with Gasteiger partial charge in [0.1, 0.15) is 17.3 Å². The van der Waals surface area contributed by atoms with Crippen molar-refractivity contribution in [2.75, 3.05) is 24.3 Å². The third-order valence-corrected chi connectivity index (χ3v) is 2.74. The molecule has 0 aliphatic carbocycles. The smallest absolute Gasteiger partial charge is 0.128 e. The lowest BCUT2D eigenvalue weighted by Gasteiger charge is -2.11. The lowest BCUT2D eigenvalue weighted by atomic mass is 10.3. The molecular weight excluding hydrogens is 226 g/mol. The average molecular weight is 245 g/mol. The summed E-state index contributed by atoms with van der Waals surface area (Å²) in [4.78, 5) is 6.32. The Labute approximate surface area is 108 Å². The maximum absolute atomic E-state index is 5.63. The summed E-state index contributed by atoms with van der Waals surface area (Å²) in [7, 11) is 3.95. The lowest BCUT2D eigenvalue weighted by molar-refractivity contribution is 0.476. The molecule has 0 aliphatic rings. The van der Waals surface area contributed by atoms with Gasteiger partial charge < -0.3 is 14.6 Å². The normalized spacial score (nSPS) is 10.4. The third kappa shape index (κ3) is 3.03. The summed E-state index contributed by atoms with van der Waals surface area (Å²) in [5.74, 6) is 2.92. The Kier molecular flexibility index (Phi) is 3.87. The van der Waals surface area contributed by atoms with Crippen molar-refractivity contribution in [3.05, 3.63) is 42.0 Å². The molecule has 0 atom stereocenters. The van der Waals surface area contributed by atoms with Crippen molar-refractivity contribution in [1.29, 1.82) is 0 Å². The number of rotatable bonds is 5. The summed E-state index contributed by atoms with van der Waals surface area (Å²) in [6.45, 7) is 2.77. The van der Waals surface area contributed by atoms with E-state index in [0.717, 1.165) is 29.4 Å². The van der Waals surface area contributed by atoms with Crippen LogP contribution in [0, 0.1) is 0 Å². The SMILES string of the molecule is CCc1ccc(CNc2ccc(N(C)C)nc2)o1. The molecule has 2 rings (SSSR count). The fraction of sp³-hybridized carbons (Fsp3) is 0.357. The van der Waals surface area contributed by atoms with Crippen LogP contribution in [0.4, 0.5) is 11.5 Å². The van der Waals surface area contributed by atoms with E-state index in [0.29, 0.717) is 6.54 Å². The van der Waals surface area contributed by atoms with E-state index in [1.807, 2.05) is 49.5 Å². The Morgan fingerprint density at radius 1 is 1.17 bits per heavy atom. The van der Waals surface area contributed by atoms with Gasteiger partial charge in [-0.25, -0.2) is 4.98 Å². The third-order valence-electron chi connectivity index (χ3n) is 2.74. The number of nitrogens with zero attached hydrogens (tertiary/aromatic N) is 2. The molecule has 0 aliphatic heterocycles. The highest BCUT2D eigenvalue weighted by molar-refractivity contribution is 5.47. The van der Waals surface area contributed by atoms with Gasteiger partial charge in [-0.3, -0.25) is 0 Å². The molecular formula is C14H19N3O. The van der Waals surface area contributed by atoms with Crippen molar-refractivity contribution >= 4 is 11.5 Å². The highest BCUT2D eigenvalue weighted by atomic mass is 16.3. The van der Waals surface area contributed by atoms with Crippen molar-refractivity contribution < 1.29 is 4.42 Å². The first kappa shape index (κ1) is 12.5. The minimum atomic E-state index is 0.684. The van der Waals surface area contributed by atoms with E-state index in [-0.39, 0.29) is 0 Å². The van der Waals surface area contributed by atoms with E-state index in [1.54, 1.807) is 0 Å². The second kappa shape index (κ2) is 5.58. The Morgan fingerprint density at radius 2 is 1.94 bits per heavy atom. The number of hydrogen-bond acceptors (Lipinski definition) is 4. The predicted molar refractivity (Wildman–Crippen MR) is 74.0 cm³/mol. The van der Waals surface area contributed by atoms with E-state index >= 15 is 0 Å². The van der Waals surface area contributed by atoms with Gasteiger partial charge in [0, 0.05) is 20.5 Å². The second-order valence-electron chi connectivity index (χ2n) is 4.37. The van der Waals surface area contributed by atoms with Crippen LogP contribution in [0.2, 0.25) is 0 Å². The average Bonchev–Trinajstić information content (AvgIpc) is 2.85. The molecule has 0 saturated heterocycles. The van der Waals surface area contributed by atoms with Crippen molar-refractivity contribution in [1.82, 2.24) is 4.98 Å². The van der Waals surface area contributed by atoms with Crippen molar-refractivity contribution in [3.8, 4) is 0 Å². The number of nitrogens with one attached hydrogen (secondary N) is 1. The first-order chi connectivity index (χ1) is 8.69. The van der Waals surface area contributed by atoms with Gasteiger partial charge in [-0.2, -0.15) is 0 Å². The Morgan fingerprint density at radius 3 is 2.50 bits per heavy atom. The van der Waals surface area contributed by atoms with Gasteiger partial charge in [-0.05, 0) is 24.3 Å². The molecule has 0 bridgehead atoms. The van der Waals surface area contributed by atoms with E-state index < -0.39 is 0 Å². The molecule has 2 heterocycles. The maximum atomic E-state index is 5.63. The largest absolute Gasteiger partial charge is 0.464 e. The predicted octanol–water partition coefficient (Wildman–Crippen LogP) is 2.92. The molecule has 2 aromatic rings. The highest BCUT2D eigenvalue weighted by Crippen LogP contribution is 2.14. The van der Waals surface area contributed by atoms with Gasteiger partial charge in [0.05, 0.1) is 18.4 Å². The van der Waals surface area contributed by atoms with Gasteiger partial charge in [-0.1, -0.05) is 6.92 Å². The Balaban J connectivity index is 1.93.